The topological polar surface area (TPSA) is 88.4 Å². The molecule has 0 aliphatic heterocycles. The fraction of sp³-hybridized carbons (Fsp3) is 0.312. The molecule has 0 aliphatic rings. The second kappa shape index (κ2) is 6.43. The number of benzene rings is 1. The van der Waals surface area contributed by atoms with E-state index >= 15 is 0 Å². The number of aryl methyl sites for hydroxylation is 1. The number of aromatic nitrogens is 1. The maximum Gasteiger partial charge on any atom is 0.303 e. The maximum atomic E-state index is 12.4. The van der Waals surface area contributed by atoms with Gasteiger partial charge in [0, 0.05) is 31.0 Å². The molecule has 0 fully saturated rings. The van der Waals surface area contributed by atoms with E-state index in [2.05, 4.69) is 5.32 Å². The lowest BCUT2D eigenvalue weighted by Gasteiger charge is -2.14. The maximum absolute atomic E-state index is 12.4. The van der Waals surface area contributed by atoms with Crippen LogP contribution in [0.5, 0.6) is 0 Å². The summed E-state index contributed by atoms with van der Waals surface area (Å²) < 4.78 is 1.49. The molecule has 0 bridgehead atoms. The number of pyridine rings is 1. The minimum Gasteiger partial charge on any atom is -0.481 e. The van der Waals surface area contributed by atoms with Crippen molar-refractivity contribution in [2.75, 3.05) is 0 Å². The van der Waals surface area contributed by atoms with Gasteiger partial charge in [0.25, 0.3) is 11.5 Å². The molecule has 6 heteroatoms. The lowest BCUT2D eigenvalue weighted by atomic mass is 10.1. The molecule has 1 amide bonds. The second-order valence-electron chi connectivity index (χ2n) is 5.28. The highest BCUT2D eigenvalue weighted by molar-refractivity contribution is 6.06. The predicted molar refractivity (Wildman–Crippen MR) is 83.0 cm³/mol. The summed E-state index contributed by atoms with van der Waals surface area (Å²) in [5, 5.41) is 12.1. The Morgan fingerprint density at radius 1 is 1.32 bits per heavy atom. The Balaban J connectivity index is 2.31. The molecule has 1 unspecified atom stereocenters. The molecule has 1 heterocycles. The minimum absolute atomic E-state index is 0.0151. The first kappa shape index (κ1) is 15.8. The van der Waals surface area contributed by atoms with Crippen molar-refractivity contribution in [3.63, 3.8) is 0 Å². The molecule has 2 N–H and O–H groups in total. The van der Waals surface area contributed by atoms with E-state index in [0.717, 1.165) is 0 Å². The highest BCUT2D eigenvalue weighted by Gasteiger charge is 2.15. The number of carboxylic acid groups (broad SMARTS) is 1. The van der Waals surface area contributed by atoms with Crippen molar-refractivity contribution in [1.82, 2.24) is 9.88 Å². The molecular weight excluding hydrogens is 284 g/mol. The van der Waals surface area contributed by atoms with Crippen molar-refractivity contribution in [2.45, 2.75) is 25.8 Å². The Kier molecular flexibility index (Phi) is 4.60. The number of carbonyl (C=O) groups is 2. The summed E-state index contributed by atoms with van der Waals surface area (Å²) in [6, 6.07) is 8.19. The average molecular weight is 302 g/mol. The van der Waals surface area contributed by atoms with Crippen molar-refractivity contribution in [2.24, 2.45) is 7.05 Å². The van der Waals surface area contributed by atoms with Gasteiger partial charge < -0.3 is 15.0 Å². The molecule has 0 saturated carbocycles. The zero-order chi connectivity index (χ0) is 16.3. The lowest BCUT2D eigenvalue weighted by Crippen LogP contribution is -2.34. The van der Waals surface area contributed by atoms with Crippen LogP contribution in [-0.2, 0) is 11.8 Å². The zero-order valence-corrected chi connectivity index (χ0v) is 12.5. The standard InChI is InChI=1S/C16H18N2O4/c1-10(7-8-15(20)21)17-16(22)12-9-14(19)18(2)13-6-4-3-5-11(12)13/h3-6,9-10H,7-8H2,1-2H3,(H,17,22)(H,20,21). The van der Waals surface area contributed by atoms with Crippen LogP contribution in [0.4, 0.5) is 0 Å². The fourth-order valence-corrected chi connectivity index (χ4v) is 2.31. The number of hydrogen-bond acceptors (Lipinski definition) is 3. The second-order valence-corrected chi connectivity index (χ2v) is 5.28. The summed E-state index contributed by atoms with van der Waals surface area (Å²) >= 11 is 0. The third-order valence-corrected chi connectivity index (χ3v) is 3.57. The molecule has 22 heavy (non-hydrogen) atoms. The summed E-state index contributed by atoms with van der Waals surface area (Å²) in [5.74, 6) is -1.27. The zero-order valence-electron chi connectivity index (χ0n) is 12.5. The van der Waals surface area contributed by atoms with Crippen LogP contribution >= 0.6 is 0 Å². The van der Waals surface area contributed by atoms with Crippen LogP contribution in [0.3, 0.4) is 0 Å². The van der Waals surface area contributed by atoms with Gasteiger partial charge in [-0.15, -0.1) is 0 Å². The highest BCUT2D eigenvalue weighted by Crippen LogP contribution is 2.16. The number of carbonyl (C=O) groups excluding carboxylic acids is 1. The number of nitrogens with one attached hydrogen (secondary N) is 1. The summed E-state index contributed by atoms with van der Waals surface area (Å²) in [4.78, 5) is 34.9. The first-order chi connectivity index (χ1) is 10.4. The summed E-state index contributed by atoms with van der Waals surface area (Å²) in [6.07, 6.45) is 0.322. The van der Waals surface area contributed by atoms with E-state index in [1.165, 1.54) is 10.6 Å². The van der Waals surface area contributed by atoms with Gasteiger partial charge in [-0.25, -0.2) is 0 Å². The van der Waals surface area contributed by atoms with Crippen molar-refractivity contribution in [1.29, 1.82) is 0 Å². The molecule has 0 spiro atoms. The first-order valence-corrected chi connectivity index (χ1v) is 7.01. The molecule has 2 aromatic rings. The van der Waals surface area contributed by atoms with Crippen LogP contribution in [0.1, 0.15) is 30.1 Å². The lowest BCUT2D eigenvalue weighted by molar-refractivity contribution is -0.137. The first-order valence-electron chi connectivity index (χ1n) is 7.01. The Morgan fingerprint density at radius 2 is 2.00 bits per heavy atom. The Hall–Kier alpha value is -2.63. The number of hydrogen-bond donors (Lipinski definition) is 2. The van der Waals surface area contributed by atoms with Gasteiger partial charge in [-0.05, 0) is 19.4 Å². The van der Waals surface area contributed by atoms with Gasteiger partial charge in [0.1, 0.15) is 0 Å². The molecule has 1 aromatic carbocycles. The third-order valence-electron chi connectivity index (χ3n) is 3.57. The van der Waals surface area contributed by atoms with E-state index in [9.17, 15) is 14.4 Å². The van der Waals surface area contributed by atoms with Crippen molar-refractivity contribution in [3.8, 4) is 0 Å². The van der Waals surface area contributed by atoms with E-state index in [4.69, 9.17) is 5.11 Å². The fourth-order valence-electron chi connectivity index (χ4n) is 2.31. The molecule has 6 nitrogen and oxygen atoms in total. The molecule has 0 aliphatic carbocycles. The number of para-hydroxylation sites is 1. The van der Waals surface area contributed by atoms with Crippen molar-refractivity contribution >= 4 is 22.8 Å². The van der Waals surface area contributed by atoms with Crippen LogP contribution in [0, 0.1) is 0 Å². The van der Waals surface area contributed by atoms with E-state index in [-0.39, 0.29) is 23.9 Å². The summed E-state index contributed by atoms with van der Waals surface area (Å²) in [5.41, 5.74) is 0.723. The smallest absolute Gasteiger partial charge is 0.303 e. The van der Waals surface area contributed by atoms with Gasteiger partial charge in [-0.2, -0.15) is 0 Å². The van der Waals surface area contributed by atoms with Gasteiger partial charge in [-0.3, -0.25) is 14.4 Å². The van der Waals surface area contributed by atoms with Gasteiger partial charge >= 0.3 is 5.97 Å². The Morgan fingerprint density at radius 3 is 2.68 bits per heavy atom. The van der Waals surface area contributed by atoms with Gasteiger partial charge in [0.15, 0.2) is 0 Å². The van der Waals surface area contributed by atoms with Crippen LogP contribution in [0.2, 0.25) is 0 Å². The molecular formula is C16H18N2O4. The molecule has 1 aromatic heterocycles. The molecule has 0 radical (unpaired) electrons. The Bertz CT molecular complexity index is 779. The number of carboxylic acids is 1. The van der Waals surface area contributed by atoms with E-state index in [0.29, 0.717) is 22.9 Å². The SMILES string of the molecule is CC(CCC(=O)O)NC(=O)c1cc(=O)n(C)c2ccccc12. The number of nitrogens with zero attached hydrogens (tertiary/aromatic N) is 1. The number of rotatable bonds is 5. The van der Waals surface area contributed by atoms with E-state index in [1.807, 2.05) is 0 Å². The van der Waals surface area contributed by atoms with Gasteiger partial charge in [0.2, 0.25) is 0 Å². The monoisotopic (exact) mass is 302 g/mol. The molecule has 0 saturated heterocycles. The average Bonchev–Trinajstić information content (AvgIpc) is 2.48. The summed E-state index contributed by atoms with van der Waals surface area (Å²) in [7, 11) is 1.65. The quantitative estimate of drug-likeness (QED) is 0.876. The van der Waals surface area contributed by atoms with Crippen molar-refractivity contribution in [3.05, 3.63) is 46.2 Å². The summed E-state index contributed by atoms with van der Waals surface area (Å²) in [6.45, 7) is 1.74. The molecule has 2 rings (SSSR count). The molecule has 116 valence electrons. The van der Waals surface area contributed by atoms with Crippen LogP contribution in [0.15, 0.2) is 35.1 Å². The normalized spacial score (nSPS) is 12.1. The van der Waals surface area contributed by atoms with Crippen LogP contribution in [-0.4, -0.2) is 27.6 Å². The number of amides is 1. The minimum atomic E-state index is -0.903. The number of fused-ring (bicyclic) bond motifs is 1. The van der Waals surface area contributed by atoms with E-state index in [1.54, 1.807) is 38.2 Å². The number of aliphatic carboxylic acids is 1. The molecule has 1 atom stereocenters. The highest BCUT2D eigenvalue weighted by atomic mass is 16.4. The predicted octanol–water partition coefficient (Wildman–Crippen LogP) is 1.52. The van der Waals surface area contributed by atoms with Crippen LogP contribution < -0.4 is 10.9 Å². The van der Waals surface area contributed by atoms with Crippen LogP contribution in [0.25, 0.3) is 10.9 Å². The van der Waals surface area contributed by atoms with Gasteiger partial charge in [0.05, 0.1) is 11.1 Å². The van der Waals surface area contributed by atoms with Gasteiger partial charge in [-0.1, -0.05) is 18.2 Å². The third kappa shape index (κ3) is 3.33. The Labute approximate surface area is 127 Å². The van der Waals surface area contributed by atoms with Crippen molar-refractivity contribution < 1.29 is 14.7 Å². The largest absolute Gasteiger partial charge is 0.481 e. The van der Waals surface area contributed by atoms with E-state index < -0.39 is 5.97 Å².